The van der Waals surface area contributed by atoms with Crippen LogP contribution in [0.25, 0.3) is 0 Å². The van der Waals surface area contributed by atoms with E-state index < -0.39 is 18.6 Å². The second kappa shape index (κ2) is 8.95. The largest absolute Gasteiger partial charge is 0.468 e. The van der Waals surface area contributed by atoms with Crippen molar-refractivity contribution in [1.29, 1.82) is 0 Å². The van der Waals surface area contributed by atoms with Gasteiger partial charge >= 0.3 is 5.97 Å². The first-order chi connectivity index (χ1) is 9.88. The van der Waals surface area contributed by atoms with Gasteiger partial charge in [-0.2, -0.15) is 11.8 Å². The fourth-order valence-electron chi connectivity index (χ4n) is 1.99. The summed E-state index contributed by atoms with van der Waals surface area (Å²) in [4.78, 5) is 11.7. The number of ether oxygens (including phenoxy) is 3. The van der Waals surface area contributed by atoms with Crippen molar-refractivity contribution in [3.05, 3.63) is 0 Å². The number of hydrogen-bond donors (Lipinski definition) is 2. The van der Waals surface area contributed by atoms with Crippen molar-refractivity contribution in [2.75, 3.05) is 32.3 Å². The minimum atomic E-state index is -0.873. The second-order valence-electron chi connectivity index (χ2n) is 5.99. The number of esters is 1. The smallest absolute Gasteiger partial charge is 0.322 e. The average molecular weight is 321 g/mol. The Balaban J connectivity index is 2.39. The highest BCUT2D eigenvalue weighted by molar-refractivity contribution is 7.98. The molecule has 21 heavy (non-hydrogen) atoms. The van der Waals surface area contributed by atoms with Crippen molar-refractivity contribution in [3.63, 3.8) is 0 Å². The summed E-state index contributed by atoms with van der Waals surface area (Å²) in [6.07, 6.45) is 1.53. The Morgan fingerprint density at radius 1 is 1.48 bits per heavy atom. The summed E-state index contributed by atoms with van der Waals surface area (Å²) in [5, 5.41) is 12.9. The Labute approximate surface area is 130 Å². The standard InChI is InChI=1S/C14H27NO5S/c1-14(2)8-19-12(20-9-14)7-11(16)15-10(5-6-21-4)13(17)18-3/h10-12,15-16H,5-9H2,1-4H3/t10-,11?/m0/s1. The molecule has 124 valence electrons. The number of methoxy groups -OCH3 is 1. The number of nitrogens with one attached hydrogen (secondary N) is 1. The minimum Gasteiger partial charge on any atom is -0.468 e. The first kappa shape index (κ1) is 18.7. The average Bonchev–Trinajstić information content (AvgIpc) is 2.44. The summed E-state index contributed by atoms with van der Waals surface area (Å²) in [5.74, 6) is 0.444. The van der Waals surface area contributed by atoms with Gasteiger partial charge in [0, 0.05) is 11.8 Å². The van der Waals surface area contributed by atoms with Crippen LogP contribution in [-0.4, -0.2) is 62.0 Å². The predicted octanol–water partition coefficient (Wildman–Crippen LogP) is 0.978. The third kappa shape index (κ3) is 6.97. The quantitative estimate of drug-likeness (QED) is 0.510. The fourth-order valence-corrected chi connectivity index (χ4v) is 2.46. The third-order valence-corrected chi connectivity index (χ3v) is 3.87. The first-order valence-corrected chi connectivity index (χ1v) is 8.51. The zero-order chi connectivity index (χ0) is 15.9. The lowest BCUT2D eigenvalue weighted by atomic mass is 9.95. The summed E-state index contributed by atoms with van der Waals surface area (Å²) < 4.78 is 15.9. The molecule has 1 rings (SSSR count). The summed E-state index contributed by atoms with van der Waals surface area (Å²) >= 11 is 1.64. The topological polar surface area (TPSA) is 77.0 Å². The van der Waals surface area contributed by atoms with Gasteiger partial charge in [0.1, 0.15) is 12.3 Å². The molecule has 2 N–H and O–H groups in total. The zero-order valence-corrected chi connectivity index (χ0v) is 14.1. The van der Waals surface area contributed by atoms with Crippen LogP contribution in [0.1, 0.15) is 26.7 Å². The number of aliphatic hydroxyl groups is 1. The van der Waals surface area contributed by atoms with Gasteiger partial charge in [-0.15, -0.1) is 0 Å². The fraction of sp³-hybridized carbons (Fsp3) is 0.929. The van der Waals surface area contributed by atoms with Crippen LogP contribution in [0.5, 0.6) is 0 Å². The molecule has 0 aromatic rings. The molecule has 0 aromatic heterocycles. The second-order valence-corrected chi connectivity index (χ2v) is 6.98. The number of carbonyl (C=O) groups is 1. The van der Waals surface area contributed by atoms with Gasteiger partial charge in [-0.1, -0.05) is 13.8 Å². The van der Waals surface area contributed by atoms with Crippen molar-refractivity contribution in [3.8, 4) is 0 Å². The van der Waals surface area contributed by atoms with Gasteiger partial charge in [0.25, 0.3) is 0 Å². The van der Waals surface area contributed by atoms with E-state index in [0.29, 0.717) is 19.6 Å². The summed E-state index contributed by atoms with van der Waals surface area (Å²) in [6, 6.07) is -0.516. The van der Waals surface area contributed by atoms with Crippen LogP contribution in [0.2, 0.25) is 0 Å². The van der Waals surface area contributed by atoms with E-state index in [-0.39, 0.29) is 17.8 Å². The van der Waals surface area contributed by atoms with E-state index in [4.69, 9.17) is 14.2 Å². The summed E-state index contributed by atoms with van der Waals surface area (Å²) in [7, 11) is 1.35. The van der Waals surface area contributed by atoms with Crippen LogP contribution < -0.4 is 5.32 Å². The predicted molar refractivity (Wildman–Crippen MR) is 82.0 cm³/mol. The number of hydrogen-bond acceptors (Lipinski definition) is 7. The van der Waals surface area contributed by atoms with Gasteiger partial charge < -0.3 is 19.3 Å². The van der Waals surface area contributed by atoms with Gasteiger partial charge in [-0.25, -0.2) is 0 Å². The maximum absolute atomic E-state index is 11.7. The van der Waals surface area contributed by atoms with Crippen LogP contribution in [0.3, 0.4) is 0 Å². The Morgan fingerprint density at radius 3 is 2.62 bits per heavy atom. The van der Waals surface area contributed by atoms with E-state index in [0.717, 1.165) is 5.75 Å². The van der Waals surface area contributed by atoms with Crippen LogP contribution in [-0.2, 0) is 19.0 Å². The molecule has 6 nitrogen and oxygen atoms in total. The number of carbonyl (C=O) groups excluding carboxylic acids is 1. The monoisotopic (exact) mass is 321 g/mol. The van der Waals surface area contributed by atoms with E-state index in [1.165, 1.54) is 7.11 Å². The van der Waals surface area contributed by atoms with E-state index in [2.05, 4.69) is 19.2 Å². The number of rotatable bonds is 8. The molecule has 7 heteroatoms. The van der Waals surface area contributed by atoms with Crippen molar-refractivity contribution >= 4 is 17.7 Å². The molecule has 1 aliphatic rings. The van der Waals surface area contributed by atoms with E-state index in [1.807, 2.05) is 6.26 Å². The molecule has 0 saturated carbocycles. The van der Waals surface area contributed by atoms with E-state index in [1.54, 1.807) is 11.8 Å². The zero-order valence-electron chi connectivity index (χ0n) is 13.3. The number of thioether (sulfide) groups is 1. The van der Waals surface area contributed by atoms with Gasteiger partial charge in [0.05, 0.1) is 20.3 Å². The van der Waals surface area contributed by atoms with Crippen LogP contribution in [0.15, 0.2) is 0 Å². The normalized spacial score (nSPS) is 21.8. The van der Waals surface area contributed by atoms with E-state index in [9.17, 15) is 9.90 Å². The molecular weight excluding hydrogens is 294 g/mol. The van der Waals surface area contributed by atoms with Gasteiger partial charge in [-0.3, -0.25) is 10.1 Å². The highest BCUT2D eigenvalue weighted by atomic mass is 32.2. The molecule has 1 heterocycles. The van der Waals surface area contributed by atoms with Crippen molar-refractivity contribution in [1.82, 2.24) is 5.32 Å². The first-order valence-electron chi connectivity index (χ1n) is 7.12. The molecule has 1 fully saturated rings. The lowest BCUT2D eigenvalue weighted by Crippen LogP contribution is -2.47. The molecule has 1 aliphatic heterocycles. The highest BCUT2D eigenvalue weighted by Gasteiger charge is 2.30. The van der Waals surface area contributed by atoms with Crippen LogP contribution >= 0.6 is 11.8 Å². The Hall–Kier alpha value is -0.340. The lowest BCUT2D eigenvalue weighted by molar-refractivity contribution is -0.232. The molecule has 0 aliphatic carbocycles. The summed E-state index contributed by atoms with van der Waals surface area (Å²) in [5.41, 5.74) is 0.00177. The van der Waals surface area contributed by atoms with E-state index >= 15 is 0 Å². The molecule has 2 atom stereocenters. The number of aliphatic hydroxyl groups excluding tert-OH is 1. The van der Waals surface area contributed by atoms with Gasteiger partial charge in [0.2, 0.25) is 0 Å². The molecule has 1 saturated heterocycles. The maximum Gasteiger partial charge on any atom is 0.322 e. The SMILES string of the molecule is COC(=O)[C@H](CCSC)NC(O)CC1OCC(C)(C)CO1. The van der Waals surface area contributed by atoms with Crippen LogP contribution in [0, 0.1) is 5.41 Å². The minimum absolute atomic E-state index is 0.00177. The Bertz CT molecular complexity index is 316. The highest BCUT2D eigenvalue weighted by Crippen LogP contribution is 2.24. The van der Waals surface area contributed by atoms with Crippen LogP contribution in [0.4, 0.5) is 0 Å². The molecule has 0 amide bonds. The summed E-state index contributed by atoms with van der Waals surface area (Å²) in [6.45, 7) is 5.32. The van der Waals surface area contributed by atoms with Crippen molar-refractivity contribution in [2.24, 2.45) is 5.41 Å². The molecule has 1 unspecified atom stereocenters. The Kier molecular flexibility index (Phi) is 7.97. The molecule has 0 radical (unpaired) electrons. The maximum atomic E-state index is 11.7. The molecular formula is C14H27NO5S. The third-order valence-electron chi connectivity index (χ3n) is 3.23. The molecule has 0 bridgehead atoms. The Morgan fingerprint density at radius 2 is 2.10 bits per heavy atom. The van der Waals surface area contributed by atoms with Crippen molar-refractivity contribution < 1.29 is 24.1 Å². The molecule has 0 aromatic carbocycles. The van der Waals surface area contributed by atoms with Gasteiger partial charge in [-0.05, 0) is 18.4 Å². The van der Waals surface area contributed by atoms with Gasteiger partial charge in [0.15, 0.2) is 6.29 Å². The van der Waals surface area contributed by atoms with Crippen molar-refractivity contribution in [2.45, 2.75) is 45.2 Å². The lowest BCUT2D eigenvalue weighted by Gasteiger charge is -2.35. The molecule has 0 spiro atoms.